The first-order chi connectivity index (χ1) is 15.8. The Morgan fingerprint density at radius 2 is 1.67 bits per heavy atom. The third-order valence-electron chi connectivity index (χ3n) is 4.28. The zero-order valence-electron chi connectivity index (χ0n) is 17.4. The number of carbonyl (C=O) groups is 3. The Morgan fingerprint density at radius 1 is 0.939 bits per heavy atom. The summed E-state index contributed by atoms with van der Waals surface area (Å²) in [6.45, 7) is -0.782. The smallest absolute Gasteiger partial charge is 0.340 e. The van der Waals surface area contributed by atoms with Crippen molar-refractivity contribution in [3.05, 3.63) is 71.7 Å². The SMILES string of the molecule is COc1cc(NC(=O)c2ccco2)c(C(=O)OCC(=O)Nc2ccc(F)cc2F)cc1OC. The summed E-state index contributed by atoms with van der Waals surface area (Å²) in [6.07, 6.45) is 1.31. The van der Waals surface area contributed by atoms with Gasteiger partial charge in [-0.1, -0.05) is 0 Å². The van der Waals surface area contributed by atoms with Gasteiger partial charge in [-0.15, -0.1) is 0 Å². The number of ether oxygens (including phenoxy) is 3. The topological polar surface area (TPSA) is 116 Å². The number of carbonyl (C=O) groups excluding carboxylic acids is 3. The maximum atomic E-state index is 13.7. The molecule has 0 aliphatic carbocycles. The van der Waals surface area contributed by atoms with Gasteiger partial charge in [-0.05, 0) is 24.3 Å². The van der Waals surface area contributed by atoms with Gasteiger partial charge in [0.05, 0.1) is 37.4 Å². The average molecular weight is 460 g/mol. The van der Waals surface area contributed by atoms with Crippen molar-refractivity contribution in [1.82, 2.24) is 0 Å². The lowest BCUT2D eigenvalue weighted by Gasteiger charge is -2.15. The molecule has 2 aromatic carbocycles. The summed E-state index contributed by atoms with van der Waals surface area (Å²) < 4.78 is 47.1. The van der Waals surface area contributed by atoms with Crippen LogP contribution >= 0.6 is 0 Å². The van der Waals surface area contributed by atoms with Crippen molar-refractivity contribution in [3.8, 4) is 11.5 Å². The second kappa shape index (κ2) is 10.3. The molecule has 3 rings (SSSR count). The van der Waals surface area contributed by atoms with Crippen LogP contribution in [-0.2, 0) is 9.53 Å². The van der Waals surface area contributed by atoms with E-state index in [0.29, 0.717) is 6.07 Å². The van der Waals surface area contributed by atoms with Gasteiger partial charge >= 0.3 is 5.97 Å². The Labute approximate surface area is 186 Å². The summed E-state index contributed by atoms with van der Waals surface area (Å²) in [7, 11) is 2.71. The van der Waals surface area contributed by atoms with Crippen molar-refractivity contribution in [2.75, 3.05) is 31.5 Å². The minimum Gasteiger partial charge on any atom is -0.493 e. The summed E-state index contributed by atoms with van der Waals surface area (Å²) in [5.74, 6) is -3.93. The van der Waals surface area contributed by atoms with Gasteiger partial charge in [0, 0.05) is 18.2 Å². The van der Waals surface area contributed by atoms with E-state index >= 15 is 0 Å². The summed E-state index contributed by atoms with van der Waals surface area (Å²) in [5, 5.41) is 4.67. The zero-order chi connectivity index (χ0) is 24.0. The second-order valence-corrected chi connectivity index (χ2v) is 6.43. The first-order valence-electron chi connectivity index (χ1n) is 9.35. The number of furan rings is 1. The molecule has 0 radical (unpaired) electrons. The van der Waals surface area contributed by atoms with E-state index in [9.17, 15) is 23.2 Å². The molecule has 33 heavy (non-hydrogen) atoms. The molecule has 3 aromatic rings. The number of hydrogen-bond donors (Lipinski definition) is 2. The predicted molar refractivity (Wildman–Crippen MR) is 111 cm³/mol. The molecule has 172 valence electrons. The number of nitrogens with one attached hydrogen (secondary N) is 2. The van der Waals surface area contributed by atoms with Crippen LogP contribution in [-0.4, -0.2) is 38.6 Å². The molecular weight excluding hydrogens is 442 g/mol. The molecule has 2 N–H and O–H groups in total. The lowest BCUT2D eigenvalue weighted by molar-refractivity contribution is -0.119. The van der Waals surface area contributed by atoms with Gasteiger partial charge in [-0.3, -0.25) is 9.59 Å². The highest BCUT2D eigenvalue weighted by molar-refractivity contribution is 6.07. The minimum absolute atomic E-state index is 0.00374. The van der Waals surface area contributed by atoms with Crippen LogP contribution in [0.25, 0.3) is 0 Å². The summed E-state index contributed by atoms with van der Waals surface area (Å²) in [4.78, 5) is 37.1. The van der Waals surface area contributed by atoms with E-state index in [1.165, 1.54) is 44.7 Å². The van der Waals surface area contributed by atoms with Crippen molar-refractivity contribution >= 4 is 29.2 Å². The molecule has 0 atom stereocenters. The van der Waals surface area contributed by atoms with Crippen LogP contribution in [0, 0.1) is 11.6 Å². The van der Waals surface area contributed by atoms with E-state index in [4.69, 9.17) is 18.6 Å². The van der Waals surface area contributed by atoms with E-state index in [0.717, 1.165) is 12.1 Å². The lowest BCUT2D eigenvalue weighted by atomic mass is 10.1. The van der Waals surface area contributed by atoms with E-state index in [-0.39, 0.29) is 34.2 Å². The fourth-order valence-corrected chi connectivity index (χ4v) is 2.73. The lowest BCUT2D eigenvalue weighted by Crippen LogP contribution is -2.22. The highest BCUT2D eigenvalue weighted by atomic mass is 19.1. The van der Waals surface area contributed by atoms with Crippen molar-refractivity contribution < 1.29 is 41.8 Å². The van der Waals surface area contributed by atoms with Gasteiger partial charge in [-0.25, -0.2) is 13.6 Å². The summed E-state index contributed by atoms with van der Waals surface area (Å²) >= 11 is 0. The molecule has 11 heteroatoms. The molecule has 0 fully saturated rings. The number of anilines is 2. The molecule has 0 aliphatic heterocycles. The molecule has 0 saturated carbocycles. The molecular formula is C22H18F2N2O7. The van der Waals surface area contributed by atoms with E-state index in [2.05, 4.69) is 10.6 Å². The third kappa shape index (κ3) is 5.64. The number of esters is 1. The van der Waals surface area contributed by atoms with Crippen molar-refractivity contribution in [2.45, 2.75) is 0 Å². The van der Waals surface area contributed by atoms with E-state index in [1.807, 2.05) is 0 Å². The van der Waals surface area contributed by atoms with Crippen LogP contribution in [0.5, 0.6) is 11.5 Å². The van der Waals surface area contributed by atoms with Crippen molar-refractivity contribution in [2.24, 2.45) is 0 Å². The van der Waals surface area contributed by atoms with Crippen LogP contribution in [0.3, 0.4) is 0 Å². The van der Waals surface area contributed by atoms with Crippen LogP contribution < -0.4 is 20.1 Å². The third-order valence-corrected chi connectivity index (χ3v) is 4.28. The number of benzene rings is 2. The number of hydrogen-bond acceptors (Lipinski definition) is 7. The van der Waals surface area contributed by atoms with E-state index < -0.39 is 36.0 Å². The molecule has 2 amide bonds. The molecule has 0 aliphatic rings. The van der Waals surface area contributed by atoms with Crippen LogP contribution in [0.2, 0.25) is 0 Å². The van der Waals surface area contributed by atoms with E-state index in [1.54, 1.807) is 0 Å². The average Bonchev–Trinajstić information content (AvgIpc) is 3.34. The highest BCUT2D eigenvalue weighted by Crippen LogP contribution is 2.34. The van der Waals surface area contributed by atoms with Gasteiger partial charge in [-0.2, -0.15) is 0 Å². The zero-order valence-corrected chi connectivity index (χ0v) is 17.4. The van der Waals surface area contributed by atoms with Gasteiger partial charge in [0.25, 0.3) is 11.8 Å². The highest BCUT2D eigenvalue weighted by Gasteiger charge is 2.22. The van der Waals surface area contributed by atoms with Crippen LogP contribution in [0.4, 0.5) is 20.2 Å². The maximum absolute atomic E-state index is 13.7. The van der Waals surface area contributed by atoms with Gasteiger partial charge in [0.15, 0.2) is 23.9 Å². The Bertz CT molecular complexity index is 1180. The number of methoxy groups -OCH3 is 2. The molecule has 0 spiro atoms. The normalized spacial score (nSPS) is 10.3. The standard InChI is InChI=1S/C22H18F2N2O7/c1-30-18-9-13(16(10-19(18)31-2)26-21(28)17-4-3-7-32-17)22(29)33-11-20(27)25-15-6-5-12(23)8-14(15)24/h3-10H,11H2,1-2H3,(H,25,27)(H,26,28). The summed E-state index contributed by atoms with van der Waals surface area (Å²) in [6, 6.07) is 8.12. The van der Waals surface area contributed by atoms with Crippen molar-refractivity contribution in [1.29, 1.82) is 0 Å². The minimum atomic E-state index is -0.988. The van der Waals surface area contributed by atoms with Crippen LogP contribution in [0.1, 0.15) is 20.9 Å². The molecule has 1 heterocycles. The fraction of sp³-hybridized carbons (Fsp3) is 0.136. The monoisotopic (exact) mass is 460 g/mol. The summed E-state index contributed by atoms with van der Waals surface area (Å²) in [5.41, 5.74) is -0.424. The Balaban J connectivity index is 1.77. The Morgan fingerprint density at radius 3 is 2.30 bits per heavy atom. The number of amides is 2. The number of halogens is 2. The molecule has 0 unspecified atom stereocenters. The first-order valence-corrected chi connectivity index (χ1v) is 9.35. The molecule has 9 nitrogen and oxygen atoms in total. The quantitative estimate of drug-likeness (QED) is 0.493. The van der Waals surface area contributed by atoms with Gasteiger partial charge in [0.1, 0.15) is 11.6 Å². The first kappa shape index (κ1) is 23.3. The van der Waals surface area contributed by atoms with Gasteiger partial charge in [0.2, 0.25) is 0 Å². The Kier molecular flexibility index (Phi) is 7.24. The number of rotatable bonds is 8. The second-order valence-electron chi connectivity index (χ2n) is 6.43. The predicted octanol–water partition coefficient (Wildman–Crippen LogP) is 3.62. The van der Waals surface area contributed by atoms with Crippen LogP contribution in [0.15, 0.2) is 53.1 Å². The largest absolute Gasteiger partial charge is 0.493 e. The fourth-order valence-electron chi connectivity index (χ4n) is 2.73. The molecule has 0 bridgehead atoms. The Hall–Kier alpha value is -4.41. The molecule has 1 aromatic heterocycles. The van der Waals surface area contributed by atoms with Crippen molar-refractivity contribution in [3.63, 3.8) is 0 Å². The maximum Gasteiger partial charge on any atom is 0.340 e. The molecule has 0 saturated heterocycles. The van der Waals surface area contributed by atoms with Gasteiger partial charge < -0.3 is 29.3 Å².